The number of aromatic nitrogens is 2. The van der Waals surface area contributed by atoms with Crippen LogP contribution in [0.15, 0.2) is 24.3 Å². The van der Waals surface area contributed by atoms with Crippen molar-refractivity contribution in [1.29, 1.82) is 0 Å². The van der Waals surface area contributed by atoms with Crippen LogP contribution in [0.25, 0.3) is 5.69 Å². The molecule has 5 heteroatoms. The zero-order valence-corrected chi connectivity index (χ0v) is 10.3. The predicted octanol–water partition coefficient (Wildman–Crippen LogP) is 3.12. The average molecular weight is 255 g/mol. The van der Waals surface area contributed by atoms with Crippen LogP contribution in [0, 0.1) is 12.7 Å². The van der Waals surface area contributed by atoms with Gasteiger partial charge in [-0.1, -0.05) is 11.6 Å². The molecule has 0 bridgehead atoms. The molecule has 0 aliphatic carbocycles. The minimum Gasteiger partial charge on any atom is -0.378 e. The second kappa shape index (κ2) is 4.85. The van der Waals surface area contributed by atoms with Crippen molar-refractivity contribution < 1.29 is 9.13 Å². The molecule has 2 aromatic rings. The Kier molecular flexibility index (Phi) is 3.45. The number of halogens is 2. The summed E-state index contributed by atoms with van der Waals surface area (Å²) in [7, 11) is 1.59. The first-order valence-electron chi connectivity index (χ1n) is 5.11. The van der Waals surface area contributed by atoms with Crippen LogP contribution in [0.3, 0.4) is 0 Å². The molecule has 0 aliphatic heterocycles. The first-order valence-corrected chi connectivity index (χ1v) is 5.49. The van der Waals surface area contributed by atoms with Crippen molar-refractivity contribution in [2.24, 2.45) is 0 Å². The number of rotatable bonds is 3. The third-order valence-corrected chi connectivity index (χ3v) is 2.66. The number of ether oxygens (including phenoxy) is 1. The van der Waals surface area contributed by atoms with Crippen LogP contribution in [-0.4, -0.2) is 16.9 Å². The summed E-state index contributed by atoms with van der Waals surface area (Å²) in [5, 5.41) is 4.78. The molecule has 1 aromatic carbocycles. The Bertz CT molecular complexity index is 539. The quantitative estimate of drug-likeness (QED) is 0.842. The molecule has 0 atom stereocenters. The summed E-state index contributed by atoms with van der Waals surface area (Å²) in [4.78, 5) is 0. The van der Waals surface area contributed by atoms with Crippen molar-refractivity contribution in [3.05, 3.63) is 46.5 Å². The standard InChI is InChI=1S/C12H12ClFN2O/c1-8-5-9(14)3-4-11(8)16-12(13)6-10(15-16)7-17-2/h3-6H,7H2,1-2H3. The van der Waals surface area contributed by atoms with E-state index in [0.29, 0.717) is 11.8 Å². The Morgan fingerprint density at radius 1 is 1.41 bits per heavy atom. The number of hydrogen-bond donors (Lipinski definition) is 0. The van der Waals surface area contributed by atoms with Gasteiger partial charge in [-0.25, -0.2) is 9.07 Å². The maximum absolute atomic E-state index is 13.0. The summed E-state index contributed by atoms with van der Waals surface area (Å²) < 4.78 is 19.6. The van der Waals surface area contributed by atoms with E-state index in [-0.39, 0.29) is 5.82 Å². The molecule has 17 heavy (non-hydrogen) atoms. The second-order valence-electron chi connectivity index (χ2n) is 3.73. The van der Waals surface area contributed by atoms with Gasteiger partial charge in [-0.15, -0.1) is 0 Å². The van der Waals surface area contributed by atoms with Gasteiger partial charge in [0.25, 0.3) is 0 Å². The van der Waals surface area contributed by atoms with Crippen LogP contribution in [0.1, 0.15) is 11.3 Å². The lowest BCUT2D eigenvalue weighted by atomic mass is 10.2. The number of benzene rings is 1. The summed E-state index contributed by atoms with van der Waals surface area (Å²) in [5.74, 6) is -0.272. The minimum absolute atomic E-state index is 0.272. The number of methoxy groups -OCH3 is 1. The molecular weight excluding hydrogens is 243 g/mol. The highest BCUT2D eigenvalue weighted by Crippen LogP contribution is 2.21. The van der Waals surface area contributed by atoms with E-state index in [1.165, 1.54) is 12.1 Å². The monoisotopic (exact) mass is 254 g/mol. The van der Waals surface area contributed by atoms with Gasteiger partial charge in [0.1, 0.15) is 11.0 Å². The van der Waals surface area contributed by atoms with Gasteiger partial charge in [0, 0.05) is 13.2 Å². The average Bonchev–Trinajstić information content (AvgIpc) is 2.60. The zero-order chi connectivity index (χ0) is 12.4. The van der Waals surface area contributed by atoms with E-state index >= 15 is 0 Å². The van der Waals surface area contributed by atoms with Crippen LogP contribution in [0.5, 0.6) is 0 Å². The first-order chi connectivity index (χ1) is 8.11. The number of nitrogens with zero attached hydrogens (tertiary/aromatic N) is 2. The molecule has 90 valence electrons. The van der Waals surface area contributed by atoms with E-state index in [1.54, 1.807) is 23.9 Å². The lowest BCUT2D eigenvalue weighted by molar-refractivity contribution is 0.181. The molecule has 0 N–H and O–H groups in total. The summed E-state index contributed by atoms with van der Waals surface area (Å²) in [6.45, 7) is 2.21. The molecule has 2 rings (SSSR count). The van der Waals surface area contributed by atoms with Gasteiger partial charge in [-0.3, -0.25) is 0 Å². The molecule has 1 heterocycles. The Morgan fingerprint density at radius 3 is 2.82 bits per heavy atom. The molecule has 0 spiro atoms. The lowest BCUT2D eigenvalue weighted by Crippen LogP contribution is -2.01. The van der Waals surface area contributed by atoms with E-state index in [1.807, 2.05) is 6.92 Å². The van der Waals surface area contributed by atoms with E-state index < -0.39 is 0 Å². The van der Waals surface area contributed by atoms with Crippen molar-refractivity contribution >= 4 is 11.6 Å². The van der Waals surface area contributed by atoms with Crippen molar-refractivity contribution in [2.45, 2.75) is 13.5 Å². The zero-order valence-electron chi connectivity index (χ0n) is 9.58. The normalized spacial score (nSPS) is 10.8. The molecule has 3 nitrogen and oxygen atoms in total. The van der Waals surface area contributed by atoms with E-state index in [0.717, 1.165) is 16.9 Å². The maximum atomic E-state index is 13.0. The molecular formula is C12H12ClFN2O. The molecule has 0 saturated heterocycles. The van der Waals surface area contributed by atoms with Gasteiger partial charge < -0.3 is 4.74 Å². The predicted molar refractivity (Wildman–Crippen MR) is 64.0 cm³/mol. The summed E-state index contributed by atoms with van der Waals surface area (Å²) in [6.07, 6.45) is 0. The van der Waals surface area contributed by atoms with Gasteiger partial charge in [0.05, 0.1) is 18.0 Å². The molecule has 0 unspecified atom stereocenters. The van der Waals surface area contributed by atoms with Crippen LogP contribution in [0.2, 0.25) is 5.15 Å². The van der Waals surface area contributed by atoms with Gasteiger partial charge >= 0.3 is 0 Å². The highest BCUT2D eigenvalue weighted by Gasteiger charge is 2.10. The van der Waals surface area contributed by atoms with Crippen molar-refractivity contribution in [1.82, 2.24) is 9.78 Å². The SMILES string of the molecule is COCc1cc(Cl)n(-c2ccc(F)cc2C)n1. The Hall–Kier alpha value is -1.39. The molecule has 0 fully saturated rings. The molecule has 1 aromatic heterocycles. The van der Waals surface area contributed by atoms with Crippen LogP contribution in [0.4, 0.5) is 4.39 Å². The molecule has 0 radical (unpaired) electrons. The van der Waals surface area contributed by atoms with Crippen molar-refractivity contribution in [3.63, 3.8) is 0 Å². The minimum atomic E-state index is -0.272. The smallest absolute Gasteiger partial charge is 0.133 e. The van der Waals surface area contributed by atoms with E-state index in [9.17, 15) is 4.39 Å². The summed E-state index contributed by atoms with van der Waals surface area (Å²) in [5.41, 5.74) is 2.28. The summed E-state index contributed by atoms with van der Waals surface area (Å²) >= 11 is 6.08. The van der Waals surface area contributed by atoms with E-state index in [2.05, 4.69) is 5.10 Å². The fraction of sp³-hybridized carbons (Fsp3) is 0.250. The summed E-state index contributed by atoms with van der Waals surface area (Å²) in [6, 6.07) is 6.22. The molecule has 0 aliphatic rings. The maximum Gasteiger partial charge on any atom is 0.133 e. The number of aryl methyl sites for hydroxylation is 1. The van der Waals surface area contributed by atoms with Crippen LogP contribution >= 0.6 is 11.6 Å². The van der Waals surface area contributed by atoms with Crippen LogP contribution < -0.4 is 0 Å². The van der Waals surface area contributed by atoms with E-state index in [4.69, 9.17) is 16.3 Å². The number of hydrogen-bond acceptors (Lipinski definition) is 2. The molecule has 0 saturated carbocycles. The Balaban J connectivity index is 2.45. The van der Waals surface area contributed by atoms with Crippen molar-refractivity contribution in [2.75, 3.05) is 7.11 Å². The third kappa shape index (κ3) is 2.48. The van der Waals surface area contributed by atoms with Crippen LogP contribution in [-0.2, 0) is 11.3 Å². The Labute approximate surface area is 104 Å². The third-order valence-electron chi connectivity index (χ3n) is 2.40. The van der Waals surface area contributed by atoms with Gasteiger partial charge in [-0.2, -0.15) is 5.10 Å². The second-order valence-corrected chi connectivity index (χ2v) is 4.12. The largest absolute Gasteiger partial charge is 0.378 e. The first kappa shape index (κ1) is 12.1. The molecule has 0 amide bonds. The Morgan fingerprint density at radius 2 is 2.18 bits per heavy atom. The van der Waals surface area contributed by atoms with Gasteiger partial charge in [-0.05, 0) is 30.7 Å². The highest BCUT2D eigenvalue weighted by molar-refractivity contribution is 6.29. The lowest BCUT2D eigenvalue weighted by Gasteiger charge is -2.06. The van der Waals surface area contributed by atoms with Gasteiger partial charge in [0.15, 0.2) is 0 Å². The fourth-order valence-electron chi connectivity index (χ4n) is 1.65. The highest BCUT2D eigenvalue weighted by atomic mass is 35.5. The van der Waals surface area contributed by atoms with Gasteiger partial charge in [0.2, 0.25) is 0 Å². The topological polar surface area (TPSA) is 27.1 Å². The van der Waals surface area contributed by atoms with Crippen molar-refractivity contribution in [3.8, 4) is 5.69 Å². The fourth-order valence-corrected chi connectivity index (χ4v) is 1.90.